The van der Waals surface area contributed by atoms with Crippen LogP contribution in [0.25, 0.3) is 0 Å². The molecular formula is C7H11F6N. The van der Waals surface area contributed by atoms with Gasteiger partial charge in [-0.25, -0.2) is 0 Å². The largest absolute Gasteiger partial charge is 0.402 e. The molecule has 0 saturated heterocycles. The topological polar surface area (TPSA) is 12.0 Å². The lowest BCUT2D eigenvalue weighted by molar-refractivity contribution is -0.301. The number of nitrogens with one attached hydrogen (secondary N) is 1. The van der Waals surface area contributed by atoms with Gasteiger partial charge in [0.2, 0.25) is 0 Å². The van der Waals surface area contributed by atoms with E-state index in [1.54, 1.807) is 0 Å². The molecule has 0 rings (SSSR count). The highest BCUT2D eigenvalue weighted by Gasteiger charge is 2.62. The number of hydrogen-bond acceptors (Lipinski definition) is 1. The zero-order chi connectivity index (χ0) is 11.8. The Bertz CT molecular complexity index is 177. The molecule has 0 aliphatic heterocycles. The van der Waals surface area contributed by atoms with E-state index in [1.165, 1.54) is 0 Å². The Morgan fingerprint density at radius 1 is 0.857 bits per heavy atom. The van der Waals surface area contributed by atoms with Crippen LogP contribution in [0.5, 0.6) is 0 Å². The summed E-state index contributed by atoms with van der Waals surface area (Å²) in [6, 6.07) is 0. The van der Waals surface area contributed by atoms with Crippen LogP contribution in [0.3, 0.4) is 0 Å². The predicted octanol–water partition coefficient (Wildman–Crippen LogP) is 2.73. The molecule has 0 fully saturated rings. The van der Waals surface area contributed by atoms with Crippen LogP contribution in [0.2, 0.25) is 0 Å². The van der Waals surface area contributed by atoms with Crippen LogP contribution < -0.4 is 5.32 Å². The SMILES string of the molecule is CNC(C)(C)C(C(F)(F)F)C(F)(F)F. The smallest absolute Gasteiger partial charge is 0.314 e. The lowest BCUT2D eigenvalue weighted by Gasteiger charge is -2.36. The van der Waals surface area contributed by atoms with E-state index in [4.69, 9.17) is 0 Å². The fourth-order valence-electron chi connectivity index (χ4n) is 1.15. The van der Waals surface area contributed by atoms with Crippen LogP contribution in [-0.4, -0.2) is 24.9 Å². The second-order valence-electron chi connectivity index (χ2n) is 3.49. The minimum Gasteiger partial charge on any atom is -0.314 e. The summed E-state index contributed by atoms with van der Waals surface area (Å²) in [6.45, 7) is 1.72. The number of alkyl halides is 6. The average Bonchev–Trinajstić information content (AvgIpc) is 1.79. The van der Waals surface area contributed by atoms with E-state index in [0.717, 1.165) is 20.9 Å². The highest BCUT2D eigenvalue weighted by molar-refractivity contribution is 4.93. The van der Waals surface area contributed by atoms with Gasteiger partial charge in [0.15, 0.2) is 5.92 Å². The molecule has 1 N–H and O–H groups in total. The van der Waals surface area contributed by atoms with Gasteiger partial charge in [0.1, 0.15) is 0 Å². The van der Waals surface area contributed by atoms with Gasteiger partial charge in [0.05, 0.1) is 0 Å². The molecule has 0 saturated carbocycles. The molecule has 0 bridgehead atoms. The van der Waals surface area contributed by atoms with Gasteiger partial charge in [-0.05, 0) is 20.9 Å². The highest BCUT2D eigenvalue weighted by atomic mass is 19.4. The summed E-state index contributed by atoms with van der Waals surface area (Å²) in [5.74, 6) is -3.37. The van der Waals surface area contributed by atoms with E-state index < -0.39 is 23.8 Å². The third-order valence-electron chi connectivity index (χ3n) is 2.02. The Morgan fingerprint density at radius 2 is 1.14 bits per heavy atom. The minimum absolute atomic E-state index is 0.860. The predicted molar refractivity (Wildman–Crippen MR) is 38.7 cm³/mol. The van der Waals surface area contributed by atoms with Gasteiger partial charge in [-0.3, -0.25) is 0 Å². The second kappa shape index (κ2) is 3.60. The van der Waals surface area contributed by atoms with Gasteiger partial charge < -0.3 is 5.32 Å². The van der Waals surface area contributed by atoms with Crippen molar-refractivity contribution >= 4 is 0 Å². The molecule has 0 amide bonds. The van der Waals surface area contributed by atoms with Crippen LogP contribution >= 0.6 is 0 Å². The molecule has 0 atom stereocenters. The summed E-state index contributed by atoms with van der Waals surface area (Å²) in [4.78, 5) is 0. The van der Waals surface area contributed by atoms with Crippen LogP contribution in [0, 0.1) is 5.92 Å². The Kier molecular flexibility index (Phi) is 3.48. The maximum absolute atomic E-state index is 12.1. The van der Waals surface area contributed by atoms with E-state index in [0.29, 0.717) is 0 Å². The van der Waals surface area contributed by atoms with Crippen molar-refractivity contribution in [2.24, 2.45) is 5.92 Å². The summed E-state index contributed by atoms with van der Waals surface area (Å²) in [5.41, 5.74) is -2.07. The summed E-state index contributed by atoms with van der Waals surface area (Å²) in [6.07, 6.45) is -10.6. The molecule has 0 aromatic heterocycles. The van der Waals surface area contributed by atoms with Gasteiger partial charge in [0, 0.05) is 5.54 Å². The third-order valence-corrected chi connectivity index (χ3v) is 2.02. The lowest BCUT2D eigenvalue weighted by atomic mass is 9.86. The summed E-state index contributed by atoms with van der Waals surface area (Å²) >= 11 is 0. The van der Waals surface area contributed by atoms with Crippen molar-refractivity contribution in [2.75, 3.05) is 7.05 Å². The number of halogens is 6. The molecule has 0 radical (unpaired) electrons. The van der Waals surface area contributed by atoms with E-state index >= 15 is 0 Å². The molecule has 0 aliphatic carbocycles. The molecule has 86 valence electrons. The van der Waals surface area contributed by atoms with Gasteiger partial charge >= 0.3 is 12.4 Å². The average molecular weight is 223 g/mol. The molecule has 0 aromatic carbocycles. The van der Waals surface area contributed by atoms with Crippen molar-refractivity contribution in [3.8, 4) is 0 Å². The van der Waals surface area contributed by atoms with Crippen molar-refractivity contribution in [3.63, 3.8) is 0 Å². The maximum Gasteiger partial charge on any atom is 0.402 e. The van der Waals surface area contributed by atoms with E-state index in [2.05, 4.69) is 0 Å². The second-order valence-corrected chi connectivity index (χ2v) is 3.49. The maximum atomic E-state index is 12.1. The van der Waals surface area contributed by atoms with Crippen molar-refractivity contribution in [1.29, 1.82) is 0 Å². The Balaban J connectivity index is 5.14. The zero-order valence-corrected chi connectivity index (χ0v) is 7.85. The quantitative estimate of drug-likeness (QED) is 0.710. The Morgan fingerprint density at radius 3 is 1.21 bits per heavy atom. The Hall–Kier alpha value is -0.460. The molecule has 0 spiro atoms. The molecule has 0 unspecified atom stereocenters. The molecule has 0 aromatic rings. The molecular weight excluding hydrogens is 212 g/mol. The van der Waals surface area contributed by atoms with Crippen molar-refractivity contribution in [3.05, 3.63) is 0 Å². The first-order valence-electron chi connectivity index (χ1n) is 3.75. The number of rotatable bonds is 2. The standard InChI is InChI=1S/C7H11F6N/c1-5(2,14-3)4(6(8,9)10)7(11,12)13/h4,14H,1-3H3. The molecule has 14 heavy (non-hydrogen) atoms. The fraction of sp³-hybridized carbons (Fsp3) is 1.00. The molecule has 1 nitrogen and oxygen atoms in total. The fourth-order valence-corrected chi connectivity index (χ4v) is 1.15. The van der Waals surface area contributed by atoms with Gasteiger partial charge in [-0.15, -0.1) is 0 Å². The normalized spacial score (nSPS) is 15.0. The summed E-state index contributed by atoms with van der Waals surface area (Å²) in [7, 11) is 1.06. The third kappa shape index (κ3) is 3.04. The minimum atomic E-state index is -5.30. The first kappa shape index (κ1) is 13.5. The van der Waals surface area contributed by atoms with E-state index in [1.807, 2.05) is 5.32 Å². The highest BCUT2D eigenvalue weighted by Crippen LogP contribution is 2.45. The Labute approximate surface area is 77.5 Å². The van der Waals surface area contributed by atoms with Gasteiger partial charge in [-0.1, -0.05) is 0 Å². The van der Waals surface area contributed by atoms with Crippen molar-refractivity contribution in [1.82, 2.24) is 5.32 Å². The monoisotopic (exact) mass is 223 g/mol. The summed E-state index contributed by atoms with van der Waals surface area (Å²) < 4.78 is 72.8. The van der Waals surface area contributed by atoms with Crippen LogP contribution in [0.4, 0.5) is 26.3 Å². The van der Waals surface area contributed by atoms with Gasteiger partial charge in [-0.2, -0.15) is 26.3 Å². The van der Waals surface area contributed by atoms with Crippen molar-refractivity contribution in [2.45, 2.75) is 31.7 Å². The summed E-state index contributed by atoms with van der Waals surface area (Å²) in [5, 5.41) is 2.01. The van der Waals surface area contributed by atoms with E-state index in [-0.39, 0.29) is 0 Å². The lowest BCUT2D eigenvalue weighted by Crippen LogP contribution is -2.56. The first-order valence-corrected chi connectivity index (χ1v) is 3.75. The van der Waals surface area contributed by atoms with Crippen LogP contribution in [0.1, 0.15) is 13.8 Å². The van der Waals surface area contributed by atoms with Crippen LogP contribution in [-0.2, 0) is 0 Å². The van der Waals surface area contributed by atoms with E-state index in [9.17, 15) is 26.3 Å². The molecule has 0 aliphatic rings. The number of hydrogen-bond donors (Lipinski definition) is 1. The first-order chi connectivity index (χ1) is 5.93. The van der Waals surface area contributed by atoms with Gasteiger partial charge in [0.25, 0.3) is 0 Å². The van der Waals surface area contributed by atoms with Crippen LogP contribution in [0.15, 0.2) is 0 Å². The molecule has 0 heterocycles. The zero-order valence-electron chi connectivity index (χ0n) is 7.85. The molecule has 7 heteroatoms. The van der Waals surface area contributed by atoms with Crippen molar-refractivity contribution < 1.29 is 26.3 Å².